The molecule has 1 atom stereocenters. The van der Waals surface area contributed by atoms with Crippen molar-refractivity contribution >= 4 is 23.1 Å². The second-order valence-corrected chi connectivity index (χ2v) is 7.49. The van der Waals surface area contributed by atoms with Crippen molar-refractivity contribution < 1.29 is 9.59 Å². The molecule has 5 rings (SSSR count). The van der Waals surface area contributed by atoms with Gasteiger partial charge in [-0.15, -0.1) is 0 Å². The van der Waals surface area contributed by atoms with Crippen LogP contribution < -0.4 is 10.6 Å². The molecule has 3 aromatic rings. The summed E-state index contributed by atoms with van der Waals surface area (Å²) < 4.78 is 0. The molecule has 0 saturated carbocycles. The Hall–Kier alpha value is -3.92. The average molecular weight is 392 g/mol. The van der Waals surface area contributed by atoms with Gasteiger partial charge in [0.1, 0.15) is 0 Å². The molecule has 0 unspecified atom stereocenters. The minimum atomic E-state index is -0.439. The Morgan fingerprint density at radius 1 is 0.833 bits per heavy atom. The van der Waals surface area contributed by atoms with Gasteiger partial charge in [-0.1, -0.05) is 72.8 Å². The molecule has 3 aromatic carbocycles. The number of Topliss-reactive ketones (excluding diaryl/α,β-unsaturated/α-hetero) is 1. The molecule has 4 nitrogen and oxygen atoms in total. The highest BCUT2D eigenvalue weighted by atomic mass is 16.2. The van der Waals surface area contributed by atoms with Crippen molar-refractivity contribution in [2.75, 3.05) is 5.32 Å². The summed E-state index contributed by atoms with van der Waals surface area (Å²) in [6.07, 6.45) is 0. The normalized spacial score (nSPS) is 17.4. The summed E-state index contributed by atoms with van der Waals surface area (Å²) in [5.41, 5.74) is 5.95. The van der Waals surface area contributed by atoms with E-state index < -0.39 is 5.92 Å². The van der Waals surface area contributed by atoms with Gasteiger partial charge < -0.3 is 10.6 Å². The predicted molar refractivity (Wildman–Crippen MR) is 118 cm³/mol. The van der Waals surface area contributed by atoms with E-state index in [-0.39, 0.29) is 11.7 Å². The van der Waals surface area contributed by atoms with E-state index in [4.69, 9.17) is 0 Å². The fourth-order valence-electron chi connectivity index (χ4n) is 4.33. The van der Waals surface area contributed by atoms with E-state index in [0.29, 0.717) is 16.7 Å². The maximum atomic E-state index is 13.4. The van der Waals surface area contributed by atoms with E-state index in [1.165, 1.54) is 0 Å². The number of allylic oxidation sites excluding steroid dienone is 2. The van der Waals surface area contributed by atoms with Crippen LogP contribution in [0.2, 0.25) is 0 Å². The largest absolute Gasteiger partial charge is 0.358 e. The van der Waals surface area contributed by atoms with Crippen molar-refractivity contribution in [2.24, 2.45) is 0 Å². The van der Waals surface area contributed by atoms with Crippen LogP contribution in [0.15, 0.2) is 102 Å². The summed E-state index contributed by atoms with van der Waals surface area (Å²) in [7, 11) is 0. The quantitative estimate of drug-likeness (QED) is 0.667. The van der Waals surface area contributed by atoms with Crippen LogP contribution in [-0.2, 0) is 4.79 Å². The monoisotopic (exact) mass is 392 g/mol. The van der Waals surface area contributed by atoms with E-state index in [0.717, 1.165) is 28.2 Å². The first kappa shape index (κ1) is 18.1. The molecule has 1 amide bonds. The zero-order chi connectivity index (χ0) is 20.7. The van der Waals surface area contributed by atoms with Crippen LogP contribution in [0.1, 0.15) is 34.3 Å². The molecule has 0 radical (unpaired) electrons. The summed E-state index contributed by atoms with van der Waals surface area (Å²) in [6, 6.07) is 26.7. The van der Waals surface area contributed by atoms with Crippen LogP contribution in [0.3, 0.4) is 0 Å². The Kier molecular flexibility index (Phi) is 4.32. The van der Waals surface area contributed by atoms with Gasteiger partial charge in [0.05, 0.1) is 5.70 Å². The maximum absolute atomic E-state index is 13.4. The zero-order valence-corrected chi connectivity index (χ0v) is 16.5. The van der Waals surface area contributed by atoms with Gasteiger partial charge in [-0.3, -0.25) is 9.59 Å². The lowest BCUT2D eigenvalue weighted by molar-refractivity contribution is -0.113. The first-order chi connectivity index (χ1) is 14.6. The maximum Gasteiger partial charge on any atom is 0.254 e. The van der Waals surface area contributed by atoms with Gasteiger partial charge in [0.15, 0.2) is 5.78 Å². The van der Waals surface area contributed by atoms with E-state index in [9.17, 15) is 9.59 Å². The molecule has 4 heteroatoms. The van der Waals surface area contributed by atoms with Crippen molar-refractivity contribution in [1.82, 2.24) is 5.32 Å². The summed E-state index contributed by atoms with van der Waals surface area (Å²) in [6.45, 7) is 1.89. The molecule has 0 fully saturated rings. The molecule has 0 spiro atoms. The van der Waals surface area contributed by atoms with Crippen LogP contribution in [0, 0.1) is 0 Å². The van der Waals surface area contributed by atoms with Gasteiger partial charge >= 0.3 is 0 Å². The number of ketones is 1. The number of anilines is 1. The molecule has 1 aliphatic carbocycles. The van der Waals surface area contributed by atoms with Gasteiger partial charge in [-0.05, 0) is 24.6 Å². The SMILES string of the molecule is CC1=C(C(=O)Nc2ccccc2)[C@H](c2ccccc2)C2=C(N1)c1ccccc1C2=O. The molecule has 2 N–H and O–H groups in total. The smallest absolute Gasteiger partial charge is 0.254 e. The first-order valence-corrected chi connectivity index (χ1v) is 9.92. The van der Waals surface area contributed by atoms with E-state index >= 15 is 0 Å². The Bertz CT molecular complexity index is 1220. The fourth-order valence-corrected chi connectivity index (χ4v) is 4.33. The van der Waals surface area contributed by atoms with Gasteiger partial charge in [-0.25, -0.2) is 0 Å². The number of rotatable bonds is 3. The standard InChI is InChI=1S/C26H20N2O2/c1-16-21(26(30)28-18-12-6-3-7-13-18)22(17-10-4-2-5-11-17)23-24(27-16)19-14-8-9-15-20(19)25(23)29/h2-15,22,27H,1H3,(H,28,30)/t22-/m0/s1. The Morgan fingerprint density at radius 2 is 1.43 bits per heavy atom. The van der Waals surface area contributed by atoms with Crippen LogP contribution in [-0.4, -0.2) is 11.7 Å². The van der Waals surface area contributed by atoms with Gasteiger partial charge in [-0.2, -0.15) is 0 Å². The molecule has 1 heterocycles. The second kappa shape index (κ2) is 7.16. The van der Waals surface area contributed by atoms with Crippen molar-refractivity contribution in [3.8, 4) is 0 Å². The topological polar surface area (TPSA) is 58.2 Å². The minimum Gasteiger partial charge on any atom is -0.358 e. The molecule has 1 aliphatic heterocycles. The van der Waals surface area contributed by atoms with E-state index in [1.807, 2.05) is 91.9 Å². The van der Waals surface area contributed by atoms with Crippen LogP contribution in [0.25, 0.3) is 5.70 Å². The molecule has 0 bridgehead atoms. The molecule has 30 heavy (non-hydrogen) atoms. The highest BCUT2D eigenvalue weighted by Gasteiger charge is 2.42. The first-order valence-electron chi connectivity index (χ1n) is 9.92. The van der Waals surface area contributed by atoms with Crippen molar-refractivity contribution in [1.29, 1.82) is 0 Å². The number of hydrogen-bond acceptors (Lipinski definition) is 3. The number of dihydropyridines is 1. The van der Waals surface area contributed by atoms with E-state index in [2.05, 4.69) is 10.6 Å². The van der Waals surface area contributed by atoms with Crippen LogP contribution >= 0.6 is 0 Å². The predicted octanol–water partition coefficient (Wildman–Crippen LogP) is 4.89. The molecule has 146 valence electrons. The zero-order valence-electron chi connectivity index (χ0n) is 16.5. The number of amides is 1. The highest BCUT2D eigenvalue weighted by Crippen LogP contribution is 2.46. The molecular formula is C26H20N2O2. The number of benzene rings is 3. The fraction of sp³-hybridized carbons (Fsp3) is 0.0769. The molecule has 0 saturated heterocycles. The second-order valence-electron chi connectivity index (χ2n) is 7.49. The van der Waals surface area contributed by atoms with Crippen LogP contribution in [0.4, 0.5) is 5.69 Å². The number of hydrogen-bond donors (Lipinski definition) is 2. The summed E-state index contributed by atoms with van der Waals surface area (Å²) >= 11 is 0. The average Bonchev–Trinajstić information content (AvgIpc) is 3.06. The molecule has 2 aliphatic rings. The van der Waals surface area contributed by atoms with Gasteiger partial charge in [0.2, 0.25) is 0 Å². The summed E-state index contributed by atoms with van der Waals surface area (Å²) in [4.78, 5) is 26.8. The van der Waals surface area contributed by atoms with Crippen molar-refractivity contribution in [3.63, 3.8) is 0 Å². The molecular weight excluding hydrogens is 372 g/mol. The Balaban J connectivity index is 1.64. The lowest BCUT2D eigenvalue weighted by Crippen LogP contribution is -2.31. The van der Waals surface area contributed by atoms with Crippen LogP contribution in [0.5, 0.6) is 0 Å². The molecule has 0 aromatic heterocycles. The van der Waals surface area contributed by atoms with Crippen molar-refractivity contribution in [2.45, 2.75) is 12.8 Å². The summed E-state index contributed by atoms with van der Waals surface area (Å²) in [5.74, 6) is -0.680. The highest BCUT2D eigenvalue weighted by molar-refractivity contribution is 6.23. The van der Waals surface area contributed by atoms with Gasteiger partial charge in [0.25, 0.3) is 5.91 Å². The number of fused-ring (bicyclic) bond motifs is 2. The number of para-hydroxylation sites is 1. The van der Waals surface area contributed by atoms with Gasteiger partial charge in [0, 0.05) is 39.6 Å². The summed E-state index contributed by atoms with van der Waals surface area (Å²) in [5, 5.41) is 6.35. The third-order valence-electron chi connectivity index (χ3n) is 5.66. The third-order valence-corrected chi connectivity index (χ3v) is 5.66. The number of carbonyl (C=O) groups excluding carboxylic acids is 2. The lowest BCUT2D eigenvalue weighted by Gasteiger charge is -2.29. The minimum absolute atomic E-state index is 0.0283. The lowest BCUT2D eigenvalue weighted by atomic mass is 9.79. The number of carbonyl (C=O) groups is 2. The Morgan fingerprint density at radius 3 is 2.13 bits per heavy atom. The third kappa shape index (κ3) is 2.85. The Labute approximate surface area is 174 Å². The number of nitrogens with one attached hydrogen (secondary N) is 2. The van der Waals surface area contributed by atoms with Crippen molar-refractivity contribution in [3.05, 3.63) is 118 Å². The van der Waals surface area contributed by atoms with E-state index in [1.54, 1.807) is 0 Å².